The van der Waals surface area contributed by atoms with Gasteiger partial charge in [-0.05, 0) is 54.7 Å². The molecule has 2 heterocycles. The van der Waals surface area contributed by atoms with Crippen LogP contribution in [0, 0.1) is 12.3 Å². The van der Waals surface area contributed by atoms with E-state index in [1.165, 1.54) is 9.75 Å². The Hall–Kier alpha value is -0.390. The Kier molecular flexibility index (Phi) is 4.69. The molecule has 2 rings (SSSR count). The Labute approximate surface area is 126 Å². The van der Waals surface area contributed by atoms with Crippen LogP contribution in [0.3, 0.4) is 0 Å². The number of thiophene rings is 1. The zero-order chi connectivity index (χ0) is 14.0. The number of carbonyl (C=O) groups is 1. The molecule has 0 spiro atoms. The van der Waals surface area contributed by atoms with E-state index in [4.69, 9.17) is 0 Å². The molecule has 1 atom stereocenters. The summed E-state index contributed by atoms with van der Waals surface area (Å²) >= 11 is 5.33. The summed E-state index contributed by atoms with van der Waals surface area (Å²) in [5.41, 5.74) is -0.540. The minimum absolute atomic E-state index is 0.540. The lowest BCUT2D eigenvalue weighted by Gasteiger charge is -2.39. The van der Waals surface area contributed by atoms with Gasteiger partial charge in [-0.1, -0.05) is 6.92 Å². The number of aliphatic carboxylic acids is 1. The molecule has 1 aromatic rings. The number of carboxylic acid groups (broad SMARTS) is 1. The fraction of sp³-hybridized carbons (Fsp3) is 0.643. The molecule has 1 aliphatic heterocycles. The third-order valence-corrected chi connectivity index (χ3v) is 6.20. The lowest BCUT2D eigenvalue weighted by molar-refractivity contribution is -0.153. The zero-order valence-electron chi connectivity index (χ0n) is 11.4. The molecular formula is C14H20BrNO2S. The van der Waals surface area contributed by atoms with E-state index >= 15 is 0 Å². The molecule has 3 nitrogen and oxygen atoms in total. The fourth-order valence-corrected chi connectivity index (χ4v) is 4.44. The fourth-order valence-electron chi connectivity index (χ4n) is 2.79. The van der Waals surface area contributed by atoms with Gasteiger partial charge in [-0.15, -0.1) is 11.3 Å². The van der Waals surface area contributed by atoms with Crippen molar-refractivity contribution in [3.8, 4) is 0 Å². The smallest absolute Gasteiger partial charge is 0.310 e. The highest BCUT2D eigenvalue weighted by Gasteiger charge is 2.40. The molecule has 0 radical (unpaired) electrons. The van der Waals surface area contributed by atoms with Gasteiger partial charge >= 0.3 is 5.97 Å². The van der Waals surface area contributed by atoms with Gasteiger partial charge < -0.3 is 5.11 Å². The second kappa shape index (κ2) is 5.94. The van der Waals surface area contributed by atoms with E-state index in [1.807, 2.05) is 6.92 Å². The van der Waals surface area contributed by atoms with Crippen LogP contribution >= 0.6 is 27.3 Å². The zero-order valence-corrected chi connectivity index (χ0v) is 13.8. The molecular weight excluding hydrogens is 326 g/mol. The van der Waals surface area contributed by atoms with Gasteiger partial charge in [0.2, 0.25) is 0 Å². The van der Waals surface area contributed by atoms with E-state index in [-0.39, 0.29) is 0 Å². The molecule has 1 N–H and O–H groups in total. The molecule has 1 aliphatic rings. The van der Waals surface area contributed by atoms with Crippen molar-refractivity contribution in [2.75, 3.05) is 13.1 Å². The van der Waals surface area contributed by atoms with Gasteiger partial charge in [0.05, 0.1) is 5.41 Å². The van der Waals surface area contributed by atoms with Crippen molar-refractivity contribution in [1.29, 1.82) is 0 Å². The van der Waals surface area contributed by atoms with E-state index in [0.29, 0.717) is 13.0 Å². The van der Waals surface area contributed by atoms with Gasteiger partial charge in [-0.25, -0.2) is 0 Å². The lowest BCUT2D eigenvalue weighted by atomic mass is 9.77. The summed E-state index contributed by atoms with van der Waals surface area (Å²) in [5.74, 6) is -0.636. The molecule has 0 amide bonds. The van der Waals surface area contributed by atoms with Gasteiger partial charge in [0.15, 0.2) is 0 Å². The topological polar surface area (TPSA) is 40.5 Å². The predicted octanol–water partition coefficient (Wildman–Crippen LogP) is 3.90. The van der Waals surface area contributed by atoms with Gasteiger partial charge in [0.25, 0.3) is 0 Å². The normalized spacial score (nSPS) is 24.6. The van der Waals surface area contributed by atoms with Crippen LogP contribution in [-0.2, 0) is 11.3 Å². The third-order valence-electron chi connectivity index (χ3n) is 4.07. The maximum atomic E-state index is 11.5. The van der Waals surface area contributed by atoms with E-state index in [1.54, 1.807) is 11.3 Å². The summed E-state index contributed by atoms with van der Waals surface area (Å²) in [5, 5.41) is 9.49. The first-order valence-electron chi connectivity index (χ1n) is 6.67. The number of aryl methyl sites for hydroxylation is 1. The molecule has 1 saturated heterocycles. The van der Waals surface area contributed by atoms with Crippen LogP contribution in [0.25, 0.3) is 0 Å². The molecule has 106 valence electrons. The molecule has 1 fully saturated rings. The van der Waals surface area contributed by atoms with Crippen LogP contribution < -0.4 is 0 Å². The van der Waals surface area contributed by atoms with Crippen molar-refractivity contribution in [1.82, 2.24) is 4.90 Å². The van der Waals surface area contributed by atoms with Crippen molar-refractivity contribution in [2.24, 2.45) is 5.41 Å². The van der Waals surface area contributed by atoms with Crippen LogP contribution in [0.1, 0.15) is 35.9 Å². The Morgan fingerprint density at radius 1 is 1.63 bits per heavy atom. The van der Waals surface area contributed by atoms with Crippen molar-refractivity contribution in [3.05, 3.63) is 20.3 Å². The van der Waals surface area contributed by atoms with E-state index in [0.717, 1.165) is 30.4 Å². The van der Waals surface area contributed by atoms with Gasteiger partial charge in [-0.2, -0.15) is 0 Å². The van der Waals surface area contributed by atoms with Gasteiger partial charge in [-0.3, -0.25) is 9.69 Å². The molecule has 0 saturated carbocycles. The highest BCUT2D eigenvalue weighted by Crippen LogP contribution is 2.35. The summed E-state index contributed by atoms with van der Waals surface area (Å²) in [6.07, 6.45) is 2.50. The summed E-state index contributed by atoms with van der Waals surface area (Å²) < 4.78 is 1.16. The minimum atomic E-state index is -0.636. The maximum Gasteiger partial charge on any atom is 0.310 e. The van der Waals surface area contributed by atoms with E-state index in [9.17, 15) is 9.90 Å². The molecule has 1 unspecified atom stereocenters. The average molecular weight is 346 g/mol. The minimum Gasteiger partial charge on any atom is -0.481 e. The SMILES string of the molecule is CCC1(C(=O)O)CCCN(Cc2cc(Br)c(C)s2)C1. The molecule has 0 aliphatic carbocycles. The molecule has 0 bridgehead atoms. The first-order valence-corrected chi connectivity index (χ1v) is 8.28. The van der Waals surface area contributed by atoms with Gasteiger partial charge in [0, 0.05) is 27.3 Å². The number of halogens is 1. The first-order chi connectivity index (χ1) is 8.97. The van der Waals surface area contributed by atoms with Crippen LogP contribution in [-0.4, -0.2) is 29.1 Å². The Balaban J connectivity index is 2.07. The highest BCUT2D eigenvalue weighted by atomic mass is 79.9. The number of carboxylic acids is 1. The van der Waals surface area contributed by atoms with Crippen molar-refractivity contribution in [3.63, 3.8) is 0 Å². The third kappa shape index (κ3) is 3.20. The van der Waals surface area contributed by atoms with Crippen molar-refractivity contribution >= 4 is 33.2 Å². The number of hydrogen-bond donors (Lipinski definition) is 1. The second-order valence-electron chi connectivity index (χ2n) is 5.37. The highest BCUT2D eigenvalue weighted by molar-refractivity contribution is 9.10. The number of nitrogens with zero attached hydrogens (tertiary/aromatic N) is 1. The van der Waals surface area contributed by atoms with Crippen LogP contribution in [0.15, 0.2) is 10.5 Å². The molecule has 0 aromatic carbocycles. The largest absolute Gasteiger partial charge is 0.481 e. The second-order valence-corrected chi connectivity index (χ2v) is 7.57. The van der Waals surface area contributed by atoms with Crippen LogP contribution in [0.4, 0.5) is 0 Å². The number of hydrogen-bond acceptors (Lipinski definition) is 3. The number of likely N-dealkylation sites (tertiary alicyclic amines) is 1. The standard InChI is InChI=1S/C14H20BrNO2S/c1-3-14(13(17)18)5-4-6-16(9-14)8-11-7-12(15)10(2)19-11/h7H,3-6,8-9H2,1-2H3,(H,17,18). The summed E-state index contributed by atoms with van der Waals surface area (Å²) in [6.45, 7) is 6.63. The molecule has 5 heteroatoms. The van der Waals surface area contributed by atoms with Crippen molar-refractivity contribution < 1.29 is 9.90 Å². The van der Waals surface area contributed by atoms with Crippen molar-refractivity contribution in [2.45, 2.75) is 39.7 Å². The van der Waals surface area contributed by atoms with E-state index in [2.05, 4.69) is 33.8 Å². The summed E-state index contributed by atoms with van der Waals surface area (Å²) in [6, 6.07) is 2.16. The van der Waals surface area contributed by atoms with E-state index < -0.39 is 11.4 Å². The first kappa shape index (κ1) is 15.0. The lowest BCUT2D eigenvalue weighted by Crippen LogP contribution is -2.47. The molecule has 1 aromatic heterocycles. The predicted molar refractivity (Wildman–Crippen MR) is 81.6 cm³/mol. The summed E-state index contributed by atoms with van der Waals surface area (Å²) in [4.78, 5) is 16.4. The Morgan fingerprint density at radius 3 is 2.89 bits per heavy atom. The maximum absolute atomic E-state index is 11.5. The number of piperidine rings is 1. The number of rotatable bonds is 4. The monoisotopic (exact) mass is 345 g/mol. The molecule has 19 heavy (non-hydrogen) atoms. The Morgan fingerprint density at radius 2 is 2.37 bits per heavy atom. The Bertz CT molecular complexity index is 455. The average Bonchev–Trinajstić information content (AvgIpc) is 2.68. The summed E-state index contributed by atoms with van der Waals surface area (Å²) in [7, 11) is 0. The quantitative estimate of drug-likeness (QED) is 0.899. The van der Waals surface area contributed by atoms with Crippen LogP contribution in [0.5, 0.6) is 0 Å². The van der Waals surface area contributed by atoms with Crippen LogP contribution in [0.2, 0.25) is 0 Å². The van der Waals surface area contributed by atoms with Gasteiger partial charge in [0.1, 0.15) is 0 Å².